The molecule has 0 fully saturated rings. The summed E-state index contributed by atoms with van der Waals surface area (Å²) in [5, 5.41) is 2.57. The number of halogens is 4. The largest absolute Gasteiger partial charge is 0.417 e. The van der Waals surface area contributed by atoms with Crippen molar-refractivity contribution in [3.8, 4) is 0 Å². The highest BCUT2D eigenvalue weighted by atomic mass is 35.5. The minimum atomic E-state index is -4.69. The van der Waals surface area contributed by atoms with Gasteiger partial charge in [0.25, 0.3) is 17.0 Å². The number of amides is 1. The Bertz CT molecular complexity index is 1190. The van der Waals surface area contributed by atoms with Crippen LogP contribution in [0.2, 0.25) is 5.02 Å². The number of nitrogens with zero attached hydrogens (tertiary/aromatic N) is 1. The van der Waals surface area contributed by atoms with E-state index < -0.39 is 34.5 Å². The van der Waals surface area contributed by atoms with Crippen molar-refractivity contribution in [2.75, 3.05) is 5.32 Å². The number of alkyl halides is 3. The number of H-pyrrole nitrogens is 1. The van der Waals surface area contributed by atoms with E-state index in [1.165, 1.54) is 16.8 Å². The van der Waals surface area contributed by atoms with Gasteiger partial charge in [0, 0.05) is 23.5 Å². The molecule has 0 saturated carbocycles. The van der Waals surface area contributed by atoms with Crippen molar-refractivity contribution in [2.45, 2.75) is 12.7 Å². The van der Waals surface area contributed by atoms with Crippen LogP contribution in [0, 0.1) is 0 Å². The molecule has 1 amide bonds. The van der Waals surface area contributed by atoms with Gasteiger partial charge in [0.2, 0.25) is 0 Å². The lowest BCUT2D eigenvalue weighted by molar-refractivity contribution is -0.137. The molecule has 0 aliphatic rings. The molecule has 29 heavy (non-hydrogen) atoms. The second kappa shape index (κ2) is 7.96. The van der Waals surface area contributed by atoms with E-state index in [1.807, 2.05) is 4.98 Å². The Kier molecular flexibility index (Phi) is 5.60. The zero-order valence-corrected chi connectivity index (χ0v) is 15.3. The molecule has 2 aromatic heterocycles. The van der Waals surface area contributed by atoms with Gasteiger partial charge < -0.3 is 14.9 Å². The Balaban J connectivity index is 1.88. The van der Waals surface area contributed by atoms with Crippen molar-refractivity contribution in [3.05, 3.63) is 97.3 Å². The van der Waals surface area contributed by atoms with Gasteiger partial charge in [-0.25, -0.2) is 0 Å². The van der Waals surface area contributed by atoms with E-state index in [0.717, 1.165) is 6.07 Å². The van der Waals surface area contributed by atoms with Crippen LogP contribution in [0.5, 0.6) is 0 Å². The second-order valence-corrected chi connectivity index (χ2v) is 6.47. The van der Waals surface area contributed by atoms with Crippen molar-refractivity contribution in [1.82, 2.24) is 9.55 Å². The highest BCUT2D eigenvalue weighted by Gasteiger charge is 2.31. The summed E-state index contributed by atoms with van der Waals surface area (Å²) >= 11 is 6.08. The molecule has 3 rings (SSSR count). The molecule has 150 valence electrons. The van der Waals surface area contributed by atoms with Crippen molar-refractivity contribution in [3.63, 3.8) is 0 Å². The number of carbonyl (C=O) groups excluding carboxylic acids is 1. The third-order valence-electron chi connectivity index (χ3n) is 4.02. The summed E-state index contributed by atoms with van der Waals surface area (Å²) in [5.74, 6) is -0.845. The summed E-state index contributed by atoms with van der Waals surface area (Å²) in [6, 6.07) is 9.72. The number of aromatic amines is 1. The Labute approximate surface area is 166 Å². The van der Waals surface area contributed by atoms with Crippen LogP contribution in [0.25, 0.3) is 0 Å². The van der Waals surface area contributed by atoms with Crippen molar-refractivity contribution in [1.29, 1.82) is 0 Å². The second-order valence-electron chi connectivity index (χ2n) is 6.06. The van der Waals surface area contributed by atoms with E-state index in [2.05, 4.69) is 5.32 Å². The molecule has 2 heterocycles. The molecule has 10 heteroatoms. The quantitative estimate of drug-likeness (QED) is 0.673. The maximum atomic E-state index is 12.8. The zero-order valence-electron chi connectivity index (χ0n) is 14.6. The summed E-state index contributed by atoms with van der Waals surface area (Å²) in [6.07, 6.45) is -2.93. The molecule has 0 aliphatic carbocycles. The predicted octanol–water partition coefficient (Wildman–Crippen LogP) is 3.51. The van der Waals surface area contributed by atoms with E-state index in [4.69, 9.17) is 11.6 Å². The summed E-state index contributed by atoms with van der Waals surface area (Å²) in [7, 11) is 0. The lowest BCUT2D eigenvalue weighted by Crippen LogP contribution is -2.25. The zero-order chi connectivity index (χ0) is 21.2. The van der Waals surface area contributed by atoms with E-state index in [-0.39, 0.29) is 12.1 Å². The van der Waals surface area contributed by atoms with Gasteiger partial charge in [-0.05, 0) is 23.8 Å². The smallest absolute Gasteiger partial charge is 0.327 e. The van der Waals surface area contributed by atoms with Crippen LogP contribution >= 0.6 is 11.6 Å². The first-order valence-electron chi connectivity index (χ1n) is 8.20. The van der Waals surface area contributed by atoms with E-state index >= 15 is 0 Å². The summed E-state index contributed by atoms with van der Waals surface area (Å²) < 4.78 is 39.7. The van der Waals surface area contributed by atoms with E-state index in [1.54, 1.807) is 24.3 Å². The third kappa shape index (κ3) is 4.75. The van der Waals surface area contributed by atoms with Gasteiger partial charge in [-0.15, -0.1) is 0 Å². The van der Waals surface area contributed by atoms with Gasteiger partial charge in [0.15, 0.2) is 0 Å². The summed E-state index contributed by atoms with van der Waals surface area (Å²) in [4.78, 5) is 38.2. The summed E-state index contributed by atoms with van der Waals surface area (Å²) in [5.41, 5.74) is -2.35. The first-order chi connectivity index (χ1) is 13.6. The minimum Gasteiger partial charge on any atom is -0.327 e. The standard InChI is InChI=1S/C19H13ClF3N3O3/c20-14-4-2-1-3-11(14)9-26-10-12(5-6-16(26)27)17(28)25-15-7-13(19(21,22)23)8-24-18(15)29/h1-8,10H,9H2,(H,24,29)(H,25,28). The normalized spacial score (nSPS) is 11.3. The van der Waals surface area contributed by atoms with Crippen LogP contribution in [0.3, 0.4) is 0 Å². The van der Waals surface area contributed by atoms with Crippen LogP contribution in [0.1, 0.15) is 21.5 Å². The van der Waals surface area contributed by atoms with Crippen LogP contribution in [-0.4, -0.2) is 15.5 Å². The monoisotopic (exact) mass is 423 g/mol. The third-order valence-corrected chi connectivity index (χ3v) is 4.39. The molecule has 0 spiro atoms. The molecular formula is C19H13ClF3N3O3. The van der Waals surface area contributed by atoms with Gasteiger partial charge in [-0.2, -0.15) is 13.2 Å². The maximum Gasteiger partial charge on any atom is 0.417 e. The fourth-order valence-electron chi connectivity index (χ4n) is 2.53. The van der Waals surface area contributed by atoms with Crippen molar-refractivity contribution in [2.24, 2.45) is 0 Å². The Morgan fingerprint density at radius 2 is 1.86 bits per heavy atom. The molecule has 0 unspecified atom stereocenters. The molecule has 0 aliphatic heterocycles. The Hall–Kier alpha value is -3.33. The number of nitrogens with one attached hydrogen (secondary N) is 2. The number of carbonyl (C=O) groups is 1. The number of pyridine rings is 2. The topological polar surface area (TPSA) is 84.0 Å². The van der Waals surface area contributed by atoms with Crippen LogP contribution in [-0.2, 0) is 12.7 Å². The van der Waals surface area contributed by atoms with Gasteiger partial charge in [0.1, 0.15) is 5.69 Å². The Morgan fingerprint density at radius 1 is 1.14 bits per heavy atom. The van der Waals surface area contributed by atoms with Gasteiger partial charge in [0.05, 0.1) is 17.7 Å². The van der Waals surface area contributed by atoms with Crippen LogP contribution < -0.4 is 16.4 Å². The van der Waals surface area contributed by atoms with Crippen LogP contribution in [0.15, 0.2) is 64.4 Å². The van der Waals surface area contributed by atoms with E-state index in [0.29, 0.717) is 22.8 Å². The lowest BCUT2D eigenvalue weighted by atomic mass is 10.2. The molecule has 6 nitrogen and oxygen atoms in total. The highest BCUT2D eigenvalue weighted by Crippen LogP contribution is 2.29. The minimum absolute atomic E-state index is 0.0199. The molecule has 0 radical (unpaired) electrons. The summed E-state index contributed by atoms with van der Waals surface area (Å²) in [6.45, 7) is 0.0871. The number of hydrogen-bond donors (Lipinski definition) is 2. The molecule has 0 atom stereocenters. The van der Waals surface area contributed by atoms with E-state index in [9.17, 15) is 27.6 Å². The number of benzene rings is 1. The van der Waals surface area contributed by atoms with Gasteiger partial charge in [-0.1, -0.05) is 29.8 Å². The van der Waals surface area contributed by atoms with Crippen molar-refractivity contribution < 1.29 is 18.0 Å². The predicted molar refractivity (Wildman–Crippen MR) is 101 cm³/mol. The van der Waals surface area contributed by atoms with Crippen molar-refractivity contribution >= 4 is 23.2 Å². The maximum absolute atomic E-state index is 12.8. The van der Waals surface area contributed by atoms with Gasteiger partial charge >= 0.3 is 6.18 Å². The fourth-order valence-corrected chi connectivity index (χ4v) is 2.73. The number of hydrogen-bond acceptors (Lipinski definition) is 3. The molecule has 0 saturated heterocycles. The number of aromatic nitrogens is 2. The SMILES string of the molecule is O=C(Nc1cc(C(F)(F)F)c[nH]c1=O)c1ccc(=O)n(Cc2ccccc2Cl)c1. The highest BCUT2D eigenvalue weighted by molar-refractivity contribution is 6.31. The first kappa shape index (κ1) is 20.4. The molecule has 0 bridgehead atoms. The number of rotatable bonds is 4. The Morgan fingerprint density at radius 3 is 2.55 bits per heavy atom. The molecular weight excluding hydrogens is 411 g/mol. The molecule has 1 aromatic carbocycles. The number of anilines is 1. The molecule has 2 N–H and O–H groups in total. The average molecular weight is 424 g/mol. The van der Waals surface area contributed by atoms with Gasteiger partial charge in [-0.3, -0.25) is 14.4 Å². The fraction of sp³-hybridized carbons (Fsp3) is 0.105. The average Bonchev–Trinajstić information content (AvgIpc) is 2.66. The molecule has 3 aromatic rings. The lowest BCUT2D eigenvalue weighted by Gasteiger charge is -2.11. The van der Waals surface area contributed by atoms with Crippen LogP contribution in [0.4, 0.5) is 18.9 Å². The first-order valence-corrected chi connectivity index (χ1v) is 8.58.